The second-order valence-corrected chi connectivity index (χ2v) is 5.13. The van der Waals surface area contributed by atoms with Gasteiger partial charge in [0.1, 0.15) is 0 Å². The quantitative estimate of drug-likeness (QED) is 0.740. The monoisotopic (exact) mass is 255 g/mol. The Morgan fingerprint density at radius 3 is 2.50 bits per heavy atom. The lowest BCUT2D eigenvalue weighted by Crippen LogP contribution is -2.30. The van der Waals surface area contributed by atoms with E-state index in [0.29, 0.717) is 24.9 Å². The summed E-state index contributed by atoms with van der Waals surface area (Å²) in [4.78, 5) is 13.1. The van der Waals surface area contributed by atoms with Gasteiger partial charge in [-0.3, -0.25) is 9.69 Å². The molecule has 0 spiro atoms. The Morgan fingerprint density at radius 1 is 1.39 bits per heavy atom. The summed E-state index contributed by atoms with van der Waals surface area (Å²) in [5.74, 6) is 0.852. The summed E-state index contributed by atoms with van der Waals surface area (Å²) in [6.45, 7) is 9.38. The van der Waals surface area contributed by atoms with Crippen LogP contribution < -0.4 is 0 Å². The van der Waals surface area contributed by atoms with E-state index in [4.69, 9.17) is 4.42 Å². The fourth-order valence-electron chi connectivity index (χ4n) is 1.34. The van der Waals surface area contributed by atoms with Crippen molar-refractivity contribution in [2.75, 3.05) is 20.2 Å². The maximum absolute atomic E-state index is 11.2. The number of esters is 1. The first-order valence-electron chi connectivity index (χ1n) is 5.98. The van der Waals surface area contributed by atoms with Gasteiger partial charge in [-0.25, -0.2) is 0 Å². The van der Waals surface area contributed by atoms with Gasteiger partial charge in [0.25, 0.3) is 0 Å². The number of hydrogen-bond acceptors (Lipinski definition) is 6. The van der Waals surface area contributed by atoms with Crippen molar-refractivity contribution in [1.82, 2.24) is 15.1 Å². The highest BCUT2D eigenvalue weighted by atomic mass is 16.5. The smallest absolute Gasteiger partial charge is 0.319 e. The molecule has 6 heteroatoms. The SMILES string of the molecule is CCN(CC(=O)OC)Cc1nnc(C(C)(C)C)o1. The van der Waals surface area contributed by atoms with E-state index in [-0.39, 0.29) is 17.9 Å². The molecule has 0 N–H and O–H groups in total. The van der Waals surface area contributed by atoms with Gasteiger partial charge in [0.2, 0.25) is 11.8 Å². The lowest BCUT2D eigenvalue weighted by Gasteiger charge is -2.16. The first-order chi connectivity index (χ1) is 8.36. The molecule has 0 saturated heterocycles. The van der Waals surface area contributed by atoms with E-state index in [0.717, 1.165) is 0 Å². The maximum Gasteiger partial charge on any atom is 0.319 e. The van der Waals surface area contributed by atoms with E-state index in [1.54, 1.807) is 0 Å². The first-order valence-corrected chi connectivity index (χ1v) is 5.98. The lowest BCUT2D eigenvalue weighted by molar-refractivity contribution is -0.142. The van der Waals surface area contributed by atoms with E-state index < -0.39 is 0 Å². The summed E-state index contributed by atoms with van der Waals surface area (Å²) < 4.78 is 10.2. The third-order valence-corrected chi connectivity index (χ3v) is 2.49. The van der Waals surface area contributed by atoms with Gasteiger partial charge in [-0.2, -0.15) is 0 Å². The molecule has 0 bridgehead atoms. The summed E-state index contributed by atoms with van der Waals surface area (Å²) in [6, 6.07) is 0. The molecule has 6 nitrogen and oxygen atoms in total. The van der Waals surface area contributed by atoms with Gasteiger partial charge in [-0.05, 0) is 6.54 Å². The van der Waals surface area contributed by atoms with Gasteiger partial charge in [-0.1, -0.05) is 27.7 Å². The largest absolute Gasteiger partial charge is 0.468 e. The van der Waals surface area contributed by atoms with Crippen LogP contribution in [0.3, 0.4) is 0 Å². The highest BCUT2D eigenvalue weighted by Crippen LogP contribution is 2.20. The predicted molar refractivity (Wildman–Crippen MR) is 66.0 cm³/mol. The van der Waals surface area contributed by atoms with E-state index >= 15 is 0 Å². The number of likely N-dealkylation sites (N-methyl/N-ethyl adjacent to an activating group) is 1. The predicted octanol–water partition coefficient (Wildman–Crippen LogP) is 1.36. The molecule has 0 unspecified atom stereocenters. The number of nitrogens with zero attached hydrogens (tertiary/aromatic N) is 3. The Labute approximate surface area is 107 Å². The van der Waals surface area contributed by atoms with Crippen LogP contribution in [-0.4, -0.2) is 41.3 Å². The van der Waals surface area contributed by atoms with Crippen LogP contribution in [0, 0.1) is 0 Å². The zero-order valence-corrected chi connectivity index (χ0v) is 11.7. The summed E-state index contributed by atoms with van der Waals surface area (Å²) in [7, 11) is 1.38. The molecule has 18 heavy (non-hydrogen) atoms. The van der Waals surface area contributed by atoms with Gasteiger partial charge < -0.3 is 9.15 Å². The van der Waals surface area contributed by atoms with Crippen molar-refractivity contribution in [3.8, 4) is 0 Å². The number of methoxy groups -OCH3 is 1. The summed E-state index contributed by atoms with van der Waals surface area (Å²) >= 11 is 0. The van der Waals surface area contributed by atoms with E-state index in [2.05, 4.69) is 14.9 Å². The lowest BCUT2D eigenvalue weighted by atomic mass is 9.97. The molecule has 0 atom stereocenters. The Hall–Kier alpha value is -1.43. The van der Waals surface area contributed by atoms with Crippen LogP contribution in [-0.2, 0) is 21.5 Å². The van der Waals surface area contributed by atoms with Gasteiger partial charge >= 0.3 is 5.97 Å². The molecule has 0 aliphatic rings. The minimum atomic E-state index is -0.271. The van der Waals surface area contributed by atoms with Gasteiger partial charge in [0.05, 0.1) is 20.2 Å². The Morgan fingerprint density at radius 2 is 2.06 bits per heavy atom. The van der Waals surface area contributed by atoms with Crippen LogP contribution in [0.4, 0.5) is 0 Å². The molecule has 1 aromatic heterocycles. The second-order valence-electron chi connectivity index (χ2n) is 5.13. The standard InChI is InChI=1S/C12H21N3O3/c1-6-15(8-10(16)17-5)7-9-13-14-11(18-9)12(2,3)4/h6-8H2,1-5H3. The van der Waals surface area contributed by atoms with Crippen LogP contribution in [0.15, 0.2) is 4.42 Å². The summed E-state index contributed by atoms with van der Waals surface area (Å²) in [6.07, 6.45) is 0. The number of hydrogen-bond donors (Lipinski definition) is 0. The normalized spacial score (nSPS) is 11.9. The molecular weight excluding hydrogens is 234 g/mol. The van der Waals surface area contributed by atoms with Crippen molar-refractivity contribution in [3.63, 3.8) is 0 Å². The van der Waals surface area contributed by atoms with Crippen LogP contribution in [0.5, 0.6) is 0 Å². The number of carbonyl (C=O) groups is 1. The molecule has 0 aliphatic heterocycles. The third kappa shape index (κ3) is 4.10. The Kier molecular flexibility index (Phi) is 4.84. The second kappa shape index (κ2) is 5.95. The van der Waals surface area contributed by atoms with Gasteiger partial charge in [-0.15, -0.1) is 10.2 Å². The first kappa shape index (κ1) is 14.6. The third-order valence-electron chi connectivity index (χ3n) is 2.49. The molecule has 0 saturated carbocycles. The van der Waals surface area contributed by atoms with Crippen molar-refractivity contribution in [2.45, 2.75) is 39.7 Å². The topological polar surface area (TPSA) is 68.5 Å². The molecule has 1 heterocycles. The zero-order valence-electron chi connectivity index (χ0n) is 11.7. The number of ether oxygens (including phenoxy) is 1. The number of carbonyl (C=O) groups excluding carboxylic acids is 1. The van der Waals surface area contributed by atoms with Crippen LogP contribution >= 0.6 is 0 Å². The molecule has 0 amide bonds. The van der Waals surface area contributed by atoms with E-state index in [1.807, 2.05) is 32.6 Å². The number of aromatic nitrogens is 2. The molecule has 0 fully saturated rings. The molecular formula is C12H21N3O3. The van der Waals surface area contributed by atoms with Crippen molar-refractivity contribution in [3.05, 3.63) is 11.8 Å². The molecule has 0 aromatic carbocycles. The van der Waals surface area contributed by atoms with Crippen LogP contribution in [0.2, 0.25) is 0 Å². The minimum Gasteiger partial charge on any atom is -0.468 e. The average Bonchev–Trinajstić information content (AvgIpc) is 2.76. The minimum absolute atomic E-state index is 0.162. The van der Waals surface area contributed by atoms with Crippen LogP contribution in [0.1, 0.15) is 39.5 Å². The molecule has 0 aliphatic carbocycles. The summed E-state index contributed by atoms with van der Waals surface area (Å²) in [5.41, 5.74) is -0.162. The highest BCUT2D eigenvalue weighted by molar-refractivity contribution is 5.71. The average molecular weight is 255 g/mol. The van der Waals surface area contributed by atoms with Gasteiger partial charge in [0.15, 0.2) is 0 Å². The van der Waals surface area contributed by atoms with Crippen molar-refractivity contribution in [1.29, 1.82) is 0 Å². The highest BCUT2D eigenvalue weighted by Gasteiger charge is 2.22. The maximum atomic E-state index is 11.2. The van der Waals surface area contributed by atoms with E-state index in [1.165, 1.54) is 7.11 Å². The van der Waals surface area contributed by atoms with Gasteiger partial charge in [0, 0.05) is 5.41 Å². The fourth-order valence-corrected chi connectivity index (χ4v) is 1.34. The van der Waals surface area contributed by atoms with Crippen molar-refractivity contribution < 1.29 is 13.9 Å². The number of rotatable bonds is 5. The Balaban J connectivity index is 2.65. The zero-order chi connectivity index (χ0) is 13.8. The fraction of sp³-hybridized carbons (Fsp3) is 0.750. The molecule has 1 aromatic rings. The summed E-state index contributed by atoms with van der Waals surface area (Å²) in [5, 5.41) is 8.01. The van der Waals surface area contributed by atoms with Crippen LogP contribution in [0.25, 0.3) is 0 Å². The molecule has 1 rings (SSSR count). The van der Waals surface area contributed by atoms with E-state index in [9.17, 15) is 4.79 Å². The van der Waals surface area contributed by atoms with Crippen molar-refractivity contribution >= 4 is 5.97 Å². The molecule has 102 valence electrons. The van der Waals surface area contributed by atoms with Crippen molar-refractivity contribution in [2.24, 2.45) is 0 Å². The Bertz CT molecular complexity index is 396. The molecule has 0 radical (unpaired) electrons.